The number of halogens is 2. The van der Waals surface area contributed by atoms with Crippen LogP contribution in [0.15, 0.2) is 47.6 Å². The number of para-hydroxylation sites is 1. The molecule has 8 heteroatoms. The molecule has 1 N–H and O–H groups in total. The van der Waals surface area contributed by atoms with Gasteiger partial charge in [-0.1, -0.05) is 29.8 Å². The van der Waals surface area contributed by atoms with Gasteiger partial charge in [0, 0.05) is 11.1 Å². The summed E-state index contributed by atoms with van der Waals surface area (Å²) in [5, 5.41) is 5.11. The zero-order valence-electron chi connectivity index (χ0n) is 15.2. The standard InChI is InChI=1S/C20H17ClFN3O2S/c1-12-19(28-13(2)24-12)20(26)25-23-10-14-6-3-4-9-18(14)27-11-15-16(21)7-5-8-17(15)22/h3-10H,11H2,1-2H3,(H,25,26)/b23-10+. The van der Waals surface area contributed by atoms with Gasteiger partial charge in [-0.25, -0.2) is 14.8 Å². The number of rotatable bonds is 6. The summed E-state index contributed by atoms with van der Waals surface area (Å²) in [5.41, 5.74) is 4.06. The van der Waals surface area contributed by atoms with Gasteiger partial charge in [-0.15, -0.1) is 11.3 Å². The van der Waals surface area contributed by atoms with Gasteiger partial charge >= 0.3 is 0 Å². The summed E-state index contributed by atoms with van der Waals surface area (Å²) in [6.45, 7) is 3.59. The minimum atomic E-state index is -0.430. The van der Waals surface area contributed by atoms with E-state index in [-0.39, 0.29) is 18.1 Å². The van der Waals surface area contributed by atoms with Gasteiger partial charge < -0.3 is 4.74 Å². The average molecular weight is 418 g/mol. The second-order valence-corrected chi connectivity index (χ2v) is 7.48. The van der Waals surface area contributed by atoms with Crippen molar-refractivity contribution < 1.29 is 13.9 Å². The van der Waals surface area contributed by atoms with Crippen molar-refractivity contribution in [3.8, 4) is 5.75 Å². The Bertz CT molecular complexity index is 1020. The van der Waals surface area contributed by atoms with Crippen molar-refractivity contribution in [3.05, 3.63) is 80.0 Å². The molecule has 0 aliphatic heterocycles. The number of aryl methyl sites for hydroxylation is 2. The van der Waals surface area contributed by atoms with Gasteiger partial charge in [0.2, 0.25) is 0 Å². The van der Waals surface area contributed by atoms with Crippen LogP contribution in [0.1, 0.15) is 31.5 Å². The number of hydrazone groups is 1. The van der Waals surface area contributed by atoms with Crippen LogP contribution in [0.4, 0.5) is 4.39 Å². The van der Waals surface area contributed by atoms with Crippen molar-refractivity contribution >= 4 is 35.1 Å². The summed E-state index contributed by atoms with van der Waals surface area (Å²) >= 11 is 7.34. The molecule has 1 amide bonds. The summed E-state index contributed by atoms with van der Waals surface area (Å²) in [4.78, 5) is 16.9. The quantitative estimate of drug-likeness (QED) is 0.458. The predicted molar refractivity (Wildman–Crippen MR) is 109 cm³/mol. The molecule has 0 bridgehead atoms. The lowest BCUT2D eigenvalue weighted by Gasteiger charge is -2.10. The maximum absolute atomic E-state index is 13.9. The Labute approximate surface area is 170 Å². The molecule has 3 aromatic rings. The molecule has 0 aliphatic carbocycles. The van der Waals surface area contributed by atoms with E-state index < -0.39 is 5.82 Å². The molecule has 0 saturated carbocycles. The van der Waals surface area contributed by atoms with E-state index in [1.807, 2.05) is 13.0 Å². The Morgan fingerprint density at radius 3 is 2.79 bits per heavy atom. The molecule has 2 aromatic carbocycles. The van der Waals surface area contributed by atoms with E-state index in [0.29, 0.717) is 26.9 Å². The van der Waals surface area contributed by atoms with Gasteiger partial charge in [-0.2, -0.15) is 5.10 Å². The van der Waals surface area contributed by atoms with Gasteiger partial charge in [0.1, 0.15) is 23.1 Å². The molecule has 0 saturated heterocycles. The lowest BCUT2D eigenvalue weighted by Crippen LogP contribution is -2.17. The first-order valence-electron chi connectivity index (χ1n) is 8.38. The van der Waals surface area contributed by atoms with Crippen LogP contribution < -0.4 is 10.2 Å². The van der Waals surface area contributed by atoms with E-state index in [0.717, 1.165) is 5.01 Å². The molecule has 144 valence electrons. The molecule has 0 fully saturated rings. The SMILES string of the molecule is Cc1nc(C)c(C(=O)N/N=C/c2ccccc2OCc2c(F)cccc2Cl)s1. The Hall–Kier alpha value is -2.77. The van der Waals surface area contributed by atoms with Crippen LogP contribution >= 0.6 is 22.9 Å². The van der Waals surface area contributed by atoms with Crippen LogP contribution in [0.3, 0.4) is 0 Å². The number of aromatic nitrogens is 1. The molecular formula is C20H17ClFN3O2S. The van der Waals surface area contributed by atoms with Crippen molar-refractivity contribution in [3.63, 3.8) is 0 Å². The van der Waals surface area contributed by atoms with Crippen LogP contribution in [0.25, 0.3) is 0 Å². The number of hydrogen-bond donors (Lipinski definition) is 1. The Morgan fingerprint density at radius 2 is 2.07 bits per heavy atom. The Kier molecular flexibility index (Phi) is 6.38. The molecule has 1 heterocycles. The third-order valence-corrected chi connectivity index (χ3v) is 5.26. The number of hydrogen-bond acceptors (Lipinski definition) is 5. The lowest BCUT2D eigenvalue weighted by molar-refractivity contribution is 0.0958. The van der Waals surface area contributed by atoms with Crippen LogP contribution in [0.2, 0.25) is 5.02 Å². The number of nitrogens with one attached hydrogen (secondary N) is 1. The van der Waals surface area contributed by atoms with Gasteiger partial charge in [0.05, 0.1) is 21.9 Å². The number of benzene rings is 2. The first-order chi connectivity index (χ1) is 13.5. The lowest BCUT2D eigenvalue weighted by atomic mass is 10.2. The molecule has 1 aromatic heterocycles. The molecule has 0 radical (unpaired) electrons. The van der Waals surface area contributed by atoms with E-state index >= 15 is 0 Å². The van der Waals surface area contributed by atoms with Crippen molar-refractivity contribution in [1.82, 2.24) is 10.4 Å². The van der Waals surface area contributed by atoms with E-state index in [1.165, 1.54) is 29.7 Å². The highest BCUT2D eigenvalue weighted by Gasteiger charge is 2.13. The molecule has 0 atom stereocenters. The maximum atomic E-state index is 13.9. The number of carbonyl (C=O) groups excluding carboxylic acids is 1. The topological polar surface area (TPSA) is 63.6 Å². The normalized spacial score (nSPS) is 11.0. The van der Waals surface area contributed by atoms with Crippen LogP contribution in [-0.4, -0.2) is 17.1 Å². The maximum Gasteiger partial charge on any atom is 0.283 e. The summed E-state index contributed by atoms with van der Waals surface area (Å²) < 4.78 is 19.6. The molecule has 0 aliphatic rings. The third kappa shape index (κ3) is 4.74. The summed E-state index contributed by atoms with van der Waals surface area (Å²) in [6.07, 6.45) is 1.47. The highest BCUT2D eigenvalue weighted by Crippen LogP contribution is 2.23. The fourth-order valence-electron chi connectivity index (χ4n) is 2.49. The number of thiazole rings is 1. The largest absolute Gasteiger partial charge is 0.488 e. The molecule has 28 heavy (non-hydrogen) atoms. The second-order valence-electron chi connectivity index (χ2n) is 5.87. The zero-order valence-corrected chi connectivity index (χ0v) is 16.8. The number of nitrogens with zero attached hydrogens (tertiary/aromatic N) is 2. The average Bonchev–Trinajstić information content (AvgIpc) is 3.00. The van der Waals surface area contributed by atoms with Crippen molar-refractivity contribution in [2.45, 2.75) is 20.5 Å². The Balaban J connectivity index is 1.69. The minimum absolute atomic E-state index is 0.0257. The number of carbonyl (C=O) groups is 1. The molecule has 0 spiro atoms. The van der Waals surface area contributed by atoms with E-state index in [1.54, 1.807) is 31.2 Å². The first kappa shape index (κ1) is 20.0. The fraction of sp³-hybridized carbons (Fsp3) is 0.150. The van der Waals surface area contributed by atoms with Gasteiger partial charge in [0.15, 0.2) is 0 Å². The summed E-state index contributed by atoms with van der Waals surface area (Å²) in [6, 6.07) is 11.6. The minimum Gasteiger partial charge on any atom is -0.488 e. The molecule has 0 unspecified atom stereocenters. The van der Waals surface area contributed by atoms with E-state index in [2.05, 4.69) is 15.5 Å². The second kappa shape index (κ2) is 8.95. The number of ether oxygens (including phenoxy) is 1. The van der Waals surface area contributed by atoms with Crippen molar-refractivity contribution in [1.29, 1.82) is 0 Å². The van der Waals surface area contributed by atoms with Gasteiger partial charge in [-0.3, -0.25) is 4.79 Å². The third-order valence-electron chi connectivity index (χ3n) is 3.83. The zero-order chi connectivity index (χ0) is 20.1. The number of amides is 1. The van der Waals surface area contributed by atoms with Crippen molar-refractivity contribution in [2.24, 2.45) is 5.10 Å². The molecule has 5 nitrogen and oxygen atoms in total. The van der Waals surface area contributed by atoms with Crippen LogP contribution in [0.5, 0.6) is 5.75 Å². The van der Waals surface area contributed by atoms with E-state index in [4.69, 9.17) is 16.3 Å². The van der Waals surface area contributed by atoms with Gasteiger partial charge in [-0.05, 0) is 38.1 Å². The van der Waals surface area contributed by atoms with Gasteiger partial charge in [0.25, 0.3) is 5.91 Å². The van der Waals surface area contributed by atoms with E-state index in [9.17, 15) is 9.18 Å². The Morgan fingerprint density at radius 1 is 1.29 bits per heavy atom. The monoisotopic (exact) mass is 417 g/mol. The van der Waals surface area contributed by atoms with Crippen LogP contribution in [-0.2, 0) is 6.61 Å². The highest BCUT2D eigenvalue weighted by molar-refractivity contribution is 7.13. The first-order valence-corrected chi connectivity index (χ1v) is 9.57. The summed E-state index contributed by atoms with van der Waals surface area (Å²) in [5.74, 6) is -0.262. The molecule has 3 rings (SSSR count). The van der Waals surface area contributed by atoms with Crippen LogP contribution in [0, 0.1) is 19.7 Å². The highest BCUT2D eigenvalue weighted by atomic mass is 35.5. The predicted octanol–water partition coefficient (Wildman–Crippen LogP) is 4.90. The molecular weight excluding hydrogens is 401 g/mol. The fourth-order valence-corrected chi connectivity index (χ4v) is 3.52. The summed E-state index contributed by atoms with van der Waals surface area (Å²) in [7, 11) is 0. The van der Waals surface area contributed by atoms with Crippen molar-refractivity contribution in [2.75, 3.05) is 0 Å². The smallest absolute Gasteiger partial charge is 0.283 e.